The molecule has 0 aliphatic rings. The first kappa shape index (κ1) is 13.4. The van der Waals surface area contributed by atoms with Crippen molar-refractivity contribution >= 4 is 11.8 Å². The molecule has 0 aromatic carbocycles. The van der Waals surface area contributed by atoms with Crippen LogP contribution in [0.15, 0.2) is 18.3 Å². The minimum absolute atomic E-state index is 0.0231. The highest BCUT2D eigenvalue weighted by Gasteiger charge is 2.27. The van der Waals surface area contributed by atoms with E-state index in [1.807, 2.05) is 29.8 Å². The Labute approximate surface area is 97.2 Å². The maximum absolute atomic E-state index is 11.9. The van der Waals surface area contributed by atoms with E-state index in [2.05, 4.69) is 5.32 Å². The lowest BCUT2D eigenvalue weighted by Gasteiger charge is -2.10. The molecule has 0 fully saturated rings. The van der Waals surface area contributed by atoms with Gasteiger partial charge < -0.3 is 9.88 Å². The van der Waals surface area contributed by atoms with E-state index in [0.717, 1.165) is 12.2 Å². The molecule has 6 heteroatoms. The van der Waals surface area contributed by atoms with Gasteiger partial charge in [-0.3, -0.25) is 0 Å². The average molecular weight is 252 g/mol. The van der Waals surface area contributed by atoms with Gasteiger partial charge in [0.1, 0.15) is 0 Å². The second-order valence-corrected chi connectivity index (χ2v) is 4.43. The summed E-state index contributed by atoms with van der Waals surface area (Å²) < 4.78 is 37.6. The molecule has 0 atom stereocenters. The Hall–Kier alpha value is -0.620. The van der Waals surface area contributed by atoms with Crippen LogP contribution in [-0.2, 0) is 13.1 Å². The van der Waals surface area contributed by atoms with E-state index in [1.165, 1.54) is 0 Å². The summed E-state index contributed by atoms with van der Waals surface area (Å²) in [6.45, 7) is 3.92. The van der Waals surface area contributed by atoms with Crippen LogP contribution in [0.25, 0.3) is 0 Å². The molecular weight excluding hydrogens is 237 g/mol. The van der Waals surface area contributed by atoms with E-state index in [9.17, 15) is 13.2 Å². The summed E-state index contributed by atoms with van der Waals surface area (Å²) in [5, 5.41) is 3.15. The Bertz CT molecular complexity index is 309. The lowest BCUT2D eigenvalue weighted by Crippen LogP contribution is -2.16. The zero-order chi connectivity index (χ0) is 12.0. The van der Waals surface area contributed by atoms with E-state index in [1.54, 1.807) is 0 Å². The van der Waals surface area contributed by atoms with Crippen LogP contribution in [0.1, 0.15) is 12.6 Å². The normalized spacial score (nSPS) is 12.0. The van der Waals surface area contributed by atoms with Crippen LogP contribution in [0.3, 0.4) is 0 Å². The van der Waals surface area contributed by atoms with Crippen LogP contribution >= 0.6 is 11.8 Å². The molecule has 0 bridgehead atoms. The molecule has 1 heterocycles. The van der Waals surface area contributed by atoms with Crippen molar-refractivity contribution in [2.24, 2.45) is 0 Å². The fourth-order valence-corrected chi connectivity index (χ4v) is 1.86. The molecule has 1 rings (SSSR count). The molecule has 0 spiro atoms. The van der Waals surface area contributed by atoms with Gasteiger partial charge in [0.2, 0.25) is 0 Å². The number of hydrogen-bond donors (Lipinski definition) is 1. The third kappa shape index (κ3) is 4.94. The Balaban J connectivity index is 2.38. The summed E-state index contributed by atoms with van der Waals surface area (Å²) >= 11 is 0.0231. The molecule has 1 aromatic heterocycles. The fraction of sp³-hybridized carbons (Fsp3) is 0.600. The quantitative estimate of drug-likeness (QED) is 0.838. The van der Waals surface area contributed by atoms with Crippen molar-refractivity contribution in [2.75, 3.05) is 12.3 Å². The molecule has 16 heavy (non-hydrogen) atoms. The van der Waals surface area contributed by atoms with E-state index in [4.69, 9.17) is 0 Å². The van der Waals surface area contributed by atoms with E-state index < -0.39 is 5.51 Å². The molecule has 0 amide bonds. The van der Waals surface area contributed by atoms with E-state index in [0.29, 0.717) is 13.1 Å². The summed E-state index contributed by atoms with van der Waals surface area (Å²) in [6.07, 6.45) is 1.81. The molecule has 0 aliphatic carbocycles. The number of thioether (sulfide) groups is 1. The summed E-state index contributed by atoms with van der Waals surface area (Å²) in [5.41, 5.74) is -3.11. The third-order valence-corrected chi connectivity index (χ3v) is 2.79. The second kappa shape index (κ2) is 6.20. The minimum Gasteiger partial charge on any atom is -0.349 e. The van der Waals surface area contributed by atoms with Gasteiger partial charge in [0.25, 0.3) is 0 Å². The van der Waals surface area contributed by atoms with E-state index in [-0.39, 0.29) is 17.5 Å². The van der Waals surface area contributed by atoms with Crippen molar-refractivity contribution in [3.63, 3.8) is 0 Å². The maximum atomic E-state index is 11.9. The number of aromatic nitrogens is 1. The van der Waals surface area contributed by atoms with Crippen LogP contribution in [-0.4, -0.2) is 22.4 Å². The van der Waals surface area contributed by atoms with E-state index >= 15 is 0 Å². The Kier molecular flexibility index (Phi) is 5.21. The van der Waals surface area contributed by atoms with Gasteiger partial charge in [0.05, 0.1) is 0 Å². The molecule has 0 unspecified atom stereocenters. The average Bonchev–Trinajstić information content (AvgIpc) is 2.60. The highest BCUT2D eigenvalue weighted by atomic mass is 32.2. The van der Waals surface area contributed by atoms with Gasteiger partial charge in [-0.2, -0.15) is 13.2 Å². The zero-order valence-corrected chi connectivity index (χ0v) is 9.87. The number of nitrogens with one attached hydrogen (secondary N) is 1. The number of halogens is 3. The lowest BCUT2D eigenvalue weighted by molar-refractivity contribution is -0.0328. The van der Waals surface area contributed by atoms with Crippen molar-refractivity contribution in [3.05, 3.63) is 24.0 Å². The van der Waals surface area contributed by atoms with Gasteiger partial charge in [0, 0.05) is 30.7 Å². The molecule has 1 N–H and O–H groups in total. The summed E-state index contributed by atoms with van der Waals surface area (Å²) in [7, 11) is 0. The van der Waals surface area contributed by atoms with Crippen LogP contribution in [0.2, 0.25) is 0 Å². The smallest absolute Gasteiger partial charge is 0.349 e. The van der Waals surface area contributed by atoms with Gasteiger partial charge in [-0.25, -0.2) is 0 Å². The fourth-order valence-electron chi connectivity index (χ4n) is 1.34. The van der Waals surface area contributed by atoms with Crippen molar-refractivity contribution in [2.45, 2.75) is 25.5 Å². The molecule has 0 radical (unpaired) electrons. The third-order valence-electron chi connectivity index (χ3n) is 2.08. The number of aryl methyl sites for hydroxylation is 1. The molecule has 1 aromatic rings. The molecule has 0 saturated carbocycles. The zero-order valence-electron chi connectivity index (χ0n) is 9.05. The highest BCUT2D eigenvalue weighted by Crippen LogP contribution is 2.30. The maximum Gasteiger partial charge on any atom is 0.441 e. The van der Waals surface area contributed by atoms with Crippen LogP contribution in [0, 0.1) is 0 Å². The van der Waals surface area contributed by atoms with Gasteiger partial charge in [-0.1, -0.05) is 6.92 Å². The first-order chi connectivity index (χ1) is 7.53. The largest absolute Gasteiger partial charge is 0.441 e. The van der Waals surface area contributed by atoms with Crippen molar-refractivity contribution < 1.29 is 13.2 Å². The van der Waals surface area contributed by atoms with Crippen molar-refractivity contribution in [1.29, 1.82) is 0 Å². The minimum atomic E-state index is -4.13. The number of nitrogens with zero attached hydrogens (tertiary/aromatic N) is 1. The highest BCUT2D eigenvalue weighted by molar-refractivity contribution is 8.00. The number of rotatable bonds is 6. The summed E-state index contributed by atoms with van der Waals surface area (Å²) in [6, 6.07) is 3.77. The van der Waals surface area contributed by atoms with Crippen molar-refractivity contribution in [3.8, 4) is 0 Å². The SMILES string of the molecule is CCNCc1cccn1CCSC(F)(F)F. The van der Waals surface area contributed by atoms with Crippen LogP contribution in [0.5, 0.6) is 0 Å². The second-order valence-electron chi connectivity index (χ2n) is 3.27. The Morgan fingerprint density at radius 1 is 1.44 bits per heavy atom. The first-order valence-electron chi connectivity index (χ1n) is 5.08. The molecule has 2 nitrogen and oxygen atoms in total. The van der Waals surface area contributed by atoms with Crippen LogP contribution < -0.4 is 5.32 Å². The van der Waals surface area contributed by atoms with Gasteiger partial charge >= 0.3 is 5.51 Å². The monoisotopic (exact) mass is 252 g/mol. The summed E-state index contributed by atoms with van der Waals surface area (Å²) in [4.78, 5) is 0. The van der Waals surface area contributed by atoms with Gasteiger partial charge in [0.15, 0.2) is 0 Å². The first-order valence-corrected chi connectivity index (χ1v) is 6.07. The summed E-state index contributed by atoms with van der Waals surface area (Å²) in [5.74, 6) is 0.0529. The van der Waals surface area contributed by atoms with Crippen molar-refractivity contribution in [1.82, 2.24) is 9.88 Å². The topological polar surface area (TPSA) is 17.0 Å². The predicted molar refractivity (Wildman–Crippen MR) is 60.3 cm³/mol. The predicted octanol–water partition coefficient (Wildman–Crippen LogP) is 2.85. The number of alkyl halides is 3. The molecule has 92 valence electrons. The Morgan fingerprint density at radius 2 is 2.19 bits per heavy atom. The van der Waals surface area contributed by atoms with Gasteiger partial charge in [-0.05, 0) is 30.4 Å². The molecular formula is C10H15F3N2S. The molecule has 0 saturated heterocycles. The molecule has 0 aliphatic heterocycles. The van der Waals surface area contributed by atoms with Crippen LogP contribution in [0.4, 0.5) is 13.2 Å². The lowest BCUT2D eigenvalue weighted by atomic mass is 10.4. The van der Waals surface area contributed by atoms with Gasteiger partial charge in [-0.15, -0.1) is 0 Å². The Morgan fingerprint density at radius 3 is 2.81 bits per heavy atom. The standard InChI is InChI=1S/C10H15F3N2S/c1-2-14-8-9-4-3-5-15(9)6-7-16-10(11,12)13/h3-5,14H,2,6-8H2,1H3. The number of hydrogen-bond acceptors (Lipinski definition) is 2.